The molecule has 196 valence electrons. The van der Waals surface area contributed by atoms with E-state index < -0.39 is 36.0 Å². The first-order valence-corrected chi connectivity index (χ1v) is 13.5. The van der Waals surface area contributed by atoms with E-state index in [1.807, 2.05) is 0 Å². The van der Waals surface area contributed by atoms with Crippen molar-refractivity contribution in [1.29, 1.82) is 0 Å². The van der Waals surface area contributed by atoms with Gasteiger partial charge in [-0.05, 0) is 85.9 Å². The summed E-state index contributed by atoms with van der Waals surface area (Å²) in [6, 6.07) is 0. The number of hydrogen-bond donors (Lipinski definition) is 2. The van der Waals surface area contributed by atoms with Gasteiger partial charge >= 0.3 is 11.9 Å². The standard InChI is InChI=1S/C28H42O7/c1-16(29)23(31)33-15-28-12-8-20-26(4)10-6-9-25(2,3)19(26)7-11-27(20,5)21(28)14-18(35-28)17-13-22(30)34-24(17)32/h13,16,18-21,24,29,32H,6-12,14-15H2,1-5H3. The topological polar surface area (TPSA) is 102 Å². The highest BCUT2D eigenvalue weighted by Crippen LogP contribution is 2.71. The molecule has 1 saturated heterocycles. The normalized spacial score (nSPS) is 47.1. The number of aliphatic hydroxyl groups is 2. The number of carbonyl (C=O) groups excluding carboxylic acids is 2. The molecule has 0 spiro atoms. The van der Waals surface area contributed by atoms with E-state index in [9.17, 15) is 19.8 Å². The summed E-state index contributed by atoms with van der Waals surface area (Å²) in [5.41, 5.74) is 0.323. The molecule has 7 heteroatoms. The van der Waals surface area contributed by atoms with Gasteiger partial charge in [-0.3, -0.25) is 0 Å². The summed E-state index contributed by atoms with van der Waals surface area (Å²) in [7, 11) is 0. The average Bonchev–Trinajstić information content (AvgIpc) is 3.31. The van der Waals surface area contributed by atoms with Crippen LogP contribution in [-0.4, -0.2) is 52.9 Å². The molecular formula is C28H42O7. The van der Waals surface area contributed by atoms with Gasteiger partial charge in [0.1, 0.15) is 18.3 Å². The van der Waals surface area contributed by atoms with Gasteiger partial charge in [0, 0.05) is 11.6 Å². The lowest BCUT2D eigenvalue weighted by atomic mass is 9.38. The van der Waals surface area contributed by atoms with Gasteiger partial charge in [-0.2, -0.15) is 0 Å². The van der Waals surface area contributed by atoms with E-state index in [2.05, 4.69) is 27.7 Å². The predicted molar refractivity (Wildman–Crippen MR) is 128 cm³/mol. The van der Waals surface area contributed by atoms with Crippen LogP contribution in [0.2, 0.25) is 0 Å². The number of cyclic esters (lactones) is 1. The Balaban J connectivity index is 1.50. The molecule has 9 atom stereocenters. The van der Waals surface area contributed by atoms with Crippen LogP contribution in [-0.2, 0) is 23.8 Å². The number of carbonyl (C=O) groups is 2. The van der Waals surface area contributed by atoms with Crippen molar-refractivity contribution < 1.29 is 34.0 Å². The van der Waals surface area contributed by atoms with Crippen LogP contribution in [0.3, 0.4) is 0 Å². The number of hydrogen-bond acceptors (Lipinski definition) is 7. The van der Waals surface area contributed by atoms with Crippen molar-refractivity contribution in [3.8, 4) is 0 Å². The van der Waals surface area contributed by atoms with Crippen LogP contribution in [0, 0.1) is 34.0 Å². The van der Waals surface area contributed by atoms with Crippen LogP contribution in [0.5, 0.6) is 0 Å². The molecule has 3 saturated carbocycles. The number of esters is 2. The third kappa shape index (κ3) is 3.79. The first-order valence-electron chi connectivity index (χ1n) is 13.5. The Hall–Kier alpha value is -1.44. The molecule has 9 unspecified atom stereocenters. The summed E-state index contributed by atoms with van der Waals surface area (Å²) in [6.45, 7) is 11.3. The van der Waals surface area contributed by atoms with Gasteiger partial charge in [0.2, 0.25) is 6.29 Å². The van der Waals surface area contributed by atoms with Crippen molar-refractivity contribution in [3.63, 3.8) is 0 Å². The Bertz CT molecular complexity index is 924. The second-order valence-electron chi connectivity index (χ2n) is 13.2. The van der Waals surface area contributed by atoms with Crippen LogP contribution in [0.1, 0.15) is 86.0 Å². The zero-order valence-electron chi connectivity index (χ0n) is 21.8. The number of rotatable bonds is 4. The van der Waals surface area contributed by atoms with Gasteiger partial charge in [-0.1, -0.05) is 34.1 Å². The van der Waals surface area contributed by atoms with Crippen molar-refractivity contribution in [1.82, 2.24) is 0 Å². The monoisotopic (exact) mass is 490 g/mol. The predicted octanol–water partition coefficient (Wildman–Crippen LogP) is 3.90. The molecule has 5 rings (SSSR count). The fourth-order valence-electron chi connectivity index (χ4n) is 9.49. The Labute approximate surface area is 208 Å². The zero-order chi connectivity index (χ0) is 25.4. The van der Waals surface area contributed by atoms with Gasteiger partial charge in [0.05, 0.1) is 6.10 Å². The summed E-state index contributed by atoms with van der Waals surface area (Å²) in [6.07, 6.45) is 6.85. The molecule has 5 aliphatic rings. The molecule has 0 aromatic heterocycles. The Morgan fingerprint density at radius 2 is 1.77 bits per heavy atom. The number of aliphatic hydroxyl groups excluding tert-OH is 2. The van der Waals surface area contributed by atoms with E-state index in [1.54, 1.807) is 0 Å². The molecule has 0 amide bonds. The molecule has 7 nitrogen and oxygen atoms in total. The second-order valence-corrected chi connectivity index (χ2v) is 13.2. The number of ether oxygens (including phenoxy) is 3. The molecule has 4 fully saturated rings. The lowest BCUT2D eigenvalue weighted by molar-refractivity contribution is -0.218. The van der Waals surface area contributed by atoms with Crippen LogP contribution in [0.15, 0.2) is 11.6 Å². The van der Waals surface area contributed by atoms with E-state index in [0.29, 0.717) is 29.2 Å². The minimum absolute atomic E-state index is 0.0160. The molecular weight excluding hydrogens is 448 g/mol. The molecule has 0 radical (unpaired) electrons. The third-order valence-electron chi connectivity index (χ3n) is 10.9. The maximum absolute atomic E-state index is 12.2. The molecule has 2 aliphatic heterocycles. The van der Waals surface area contributed by atoms with Crippen LogP contribution in [0.25, 0.3) is 0 Å². The lowest BCUT2D eigenvalue weighted by Crippen LogP contribution is -2.63. The van der Waals surface area contributed by atoms with Gasteiger partial charge < -0.3 is 24.4 Å². The summed E-state index contributed by atoms with van der Waals surface area (Å²) in [5, 5.41) is 20.1. The quantitative estimate of drug-likeness (QED) is 0.576. The SMILES string of the molecule is CC(O)C(=O)OCC12CCC3C4(C)CCCC(C)(C)C4CCC3(C)C1CC(C1=CC(=O)OC1O)O2. The molecule has 35 heavy (non-hydrogen) atoms. The Morgan fingerprint density at radius 3 is 2.43 bits per heavy atom. The smallest absolute Gasteiger partial charge is 0.334 e. The third-order valence-corrected chi connectivity index (χ3v) is 10.9. The molecule has 0 bridgehead atoms. The molecule has 0 aromatic rings. The largest absolute Gasteiger partial charge is 0.461 e. The average molecular weight is 491 g/mol. The fourth-order valence-corrected chi connectivity index (χ4v) is 9.49. The van der Waals surface area contributed by atoms with Crippen molar-refractivity contribution in [2.45, 2.75) is 110 Å². The van der Waals surface area contributed by atoms with Crippen LogP contribution >= 0.6 is 0 Å². The first kappa shape index (κ1) is 25.2. The van der Waals surface area contributed by atoms with Crippen molar-refractivity contribution in [2.24, 2.45) is 34.0 Å². The molecule has 2 N–H and O–H groups in total. The lowest BCUT2D eigenvalue weighted by Gasteiger charge is -2.67. The van der Waals surface area contributed by atoms with Crippen molar-refractivity contribution >= 4 is 11.9 Å². The van der Waals surface area contributed by atoms with Gasteiger partial charge in [0.15, 0.2) is 0 Å². The van der Waals surface area contributed by atoms with Crippen LogP contribution < -0.4 is 0 Å². The number of fused-ring (bicyclic) bond motifs is 5. The Morgan fingerprint density at radius 1 is 1.09 bits per heavy atom. The van der Waals surface area contributed by atoms with Crippen molar-refractivity contribution in [2.75, 3.05) is 6.61 Å². The molecule has 3 aliphatic carbocycles. The van der Waals surface area contributed by atoms with Gasteiger partial charge in [0.25, 0.3) is 0 Å². The maximum Gasteiger partial charge on any atom is 0.334 e. The maximum atomic E-state index is 12.2. The second kappa shape index (κ2) is 8.29. The zero-order valence-corrected chi connectivity index (χ0v) is 21.8. The molecule has 2 heterocycles. The Kier molecular flexibility index (Phi) is 5.97. The summed E-state index contributed by atoms with van der Waals surface area (Å²) < 4.78 is 17.3. The van der Waals surface area contributed by atoms with Crippen molar-refractivity contribution in [3.05, 3.63) is 11.6 Å². The highest BCUT2D eigenvalue weighted by Gasteiger charge is 2.68. The molecule has 0 aromatic carbocycles. The van der Waals surface area contributed by atoms with E-state index in [1.165, 1.54) is 38.7 Å². The summed E-state index contributed by atoms with van der Waals surface area (Å²) in [5.74, 6) is 0.113. The summed E-state index contributed by atoms with van der Waals surface area (Å²) >= 11 is 0. The highest BCUT2D eigenvalue weighted by atomic mass is 16.6. The van der Waals surface area contributed by atoms with E-state index in [0.717, 1.165) is 19.3 Å². The van der Waals surface area contributed by atoms with E-state index >= 15 is 0 Å². The fraction of sp³-hybridized carbons (Fsp3) is 0.857. The van der Waals surface area contributed by atoms with Gasteiger partial charge in [-0.15, -0.1) is 0 Å². The van der Waals surface area contributed by atoms with E-state index in [-0.39, 0.29) is 23.4 Å². The highest BCUT2D eigenvalue weighted by molar-refractivity contribution is 5.85. The van der Waals surface area contributed by atoms with Crippen LogP contribution in [0.4, 0.5) is 0 Å². The summed E-state index contributed by atoms with van der Waals surface area (Å²) in [4.78, 5) is 24.1. The first-order chi connectivity index (χ1) is 16.3. The minimum Gasteiger partial charge on any atom is -0.461 e. The van der Waals surface area contributed by atoms with E-state index in [4.69, 9.17) is 14.2 Å². The minimum atomic E-state index is -1.29. The van der Waals surface area contributed by atoms with Gasteiger partial charge in [-0.25, -0.2) is 9.59 Å².